The first kappa shape index (κ1) is 19.4. The molecule has 1 aromatic heterocycles. The number of nitrogens with one attached hydrogen (secondary N) is 1. The molecule has 1 N–H and O–H groups in total. The van der Waals surface area contributed by atoms with Crippen molar-refractivity contribution in [1.82, 2.24) is 15.2 Å². The molecule has 1 aliphatic rings. The first-order valence-corrected chi connectivity index (χ1v) is 9.76. The van der Waals surface area contributed by atoms with Crippen LogP contribution in [-0.2, 0) is 6.54 Å². The molecule has 144 valence electrons. The number of benzene rings is 1. The van der Waals surface area contributed by atoms with E-state index in [1.807, 2.05) is 56.6 Å². The molecule has 0 unspecified atom stereocenters. The van der Waals surface area contributed by atoms with E-state index in [0.717, 1.165) is 44.8 Å². The second-order valence-corrected chi connectivity index (χ2v) is 7.48. The molecule has 0 spiro atoms. The predicted octanol–water partition coefficient (Wildman–Crippen LogP) is 3.51. The molecule has 0 radical (unpaired) electrons. The van der Waals surface area contributed by atoms with E-state index in [1.165, 1.54) is 5.56 Å². The lowest BCUT2D eigenvalue weighted by molar-refractivity contribution is 0.0935. The number of carbonyl (C=O) groups is 1. The Labute approximate surface area is 161 Å². The third-order valence-electron chi connectivity index (χ3n) is 4.88. The maximum atomic E-state index is 12.4. The number of likely N-dealkylation sites (tertiary alicyclic amines) is 1. The molecule has 1 aromatic carbocycles. The minimum Gasteiger partial charge on any atom is -0.491 e. The van der Waals surface area contributed by atoms with Crippen molar-refractivity contribution in [1.29, 1.82) is 0 Å². The van der Waals surface area contributed by atoms with Crippen molar-refractivity contribution in [2.75, 3.05) is 19.6 Å². The van der Waals surface area contributed by atoms with Crippen LogP contribution in [-0.4, -0.2) is 41.5 Å². The summed E-state index contributed by atoms with van der Waals surface area (Å²) in [6.45, 7) is 7.81. The highest BCUT2D eigenvalue weighted by molar-refractivity contribution is 5.94. The van der Waals surface area contributed by atoms with Gasteiger partial charge in [-0.1, -0.05) is 6.07 Å². The molecule has 1 amide bonds. The lowest BCUT2D eigenvalue weighted by Gasteiger charge is -2.32. The molecule has 5 heteroatoms. The van der Waals surface area contributed by atoms with Crippen molar-refractivity contribution in [3.05, 3.63) is 59.9 Å². The van der Waals surface area contributed by atoms with Gasteiger partial charge in [-0.15, -0.1) is 0 Å². The number of ether oxygens (including phenoxy) is 1. The lowest BCUT2D eigenvalue weighted by atomic mass is 9.96. The summed E-state index contributed by atoms with van der Waals surface area (Å²) in [6.07, 6.45) is 6.10. The molecule has 5 nitrogen and oxygen atoms in total. The van der Waals surface area contributed by atoms with E-state index in [2.05, 4.69) is 21.3 Å². The van der Waals surface area contributed by atoms with Crippen LogP contribution in [0, 0.1) is 5.92 Å². The van der Waals surface area contributed by atoms with Gasteiger partial charge in [0.05, 0.1) is 6.10 Å². The Morgan fingerprint density at radius 3 is 2.59 bits per heavy atom. The average Bonchev–Trinajstić information content (AvgIpc) is 2.68. The molecule has 0 atom stereocenters. The van der Waals surface area contributed by atoms with Crippen molar-refractivity contribution < 1.29 is 9.53 Å². The van der Waals surface area contributed by atoms with E-state index in [9.17, 15) is 4.79 Å². The molecule has 1 saturated heterocycles. The molecule has 0 bridgehead atoms. The van der Waals surface area contributed by atoms with Gasteiger partial charge in [0.1, 0.15) is 5.75 Å². The summed E-state index contributed by atoms with van der Waals surface area (Å²) in [6, 6.07) is 11.5. The van der Waals surface area contributed by atoms with Gasteiger partial charge in [-0.2, -0.15) is 0 Å². The fourth-order valence-electron chi connectivity index (χ4n) is 3.39. The van der Waals surface area contributed by atoms with Crippen LogP contribution in [0.1, 0.15) is 42.6 Å². The summed E-state index contributed by atoms with van der Waals surface area (Å²) < 4.78 is 5.62. The number of amides is 1. The van der Waals surface area contributed by atoms with Crippen molar-refractivity contribution in [2.45, 2.75) is 39.3 Å². The normalized spacial score (nSPS) is 15.7. The SMILES string of the molecule is CC(C)Oc1ccc(C(=O)NCC2CCN(Cc3cccnc3)CC2)cc1. The van der Waals surface area contributed by atoms with Crippen LogP contribution in [0.15, 0.2) is 48.8 Å². The Bertz CT molecular complexity index is 708. The average molecular weight is 367 g/mol. The number of rotatable bonds is 7. The minimum atomic E-state index is -0.0103. The van der Waals surface area contributed by atoms with E-state index < -0.39 is 0 Å². The van der Waals surface area contributed by atoms with Crippen LogP contribution in [0.2, 0.25) is 0 Å². The Kier molecular flexibility index (Phi) is 6.82. The van der Waals surface area contributed by atoms with Gasteiger partial charge in [0, 0.05) is 31.0 Å². The summed E-state index contributed by atoms with van der Waals surface area (Å²) in [5.74, 6) is 1.33. The van der Waals surface area contributed by atoms with Gasteiger partial charge in [0.25, 0.3) is 5.91 Å². The van der Waals surface area contributed by atoms with Gasteiger partial charge < -0.3 is 10.1 Å². The Morgan fingerprint density at radius 2 is 1.96 bits per heavy atom. The minimum absolute atomic E-state index is 0.0103. The van der Waals surface area contributed by atoms with Crippen molar-refractivity contribution >= 4 is 5.91 Å². The van der Waals surface area contributed by atoms with E-state index in [-0.39, 0.29) is 12.0 Å². The highest BCUT2D eigenvalue weighted by atomic mass is 16.5. The van der Waals surface area contributed by atoms with Gasteiger partial charge in [0.2, 0.25) is 0 Å². The monoisotopic (exact) mass is 367 g/mol. The predicted molar refractivity (Wildman–Crippen MR) is 107 cm³/mol. The number of piperidine rings is 1. The van der Waals surface area contributed by atoms with Crippen LogP contribution in [0.25, 0.3) is 0 Å². The zero-order valence-corrected chi connectivity index (χ0v) is 16.2. The van der Waals surface area contributed by atoms with Crippen molar-refractivity contribution in [3.63, 3.8) is 0 Å². The van der Waals surface area contributed by atoms with E-state index >= 15 is 0 Å². The molecule has 27 heavy (non-hydrogen) atoms. The molecule has 1 fully saturated rings. The Balaban J connectivity index is 1.40. The summed E-state index contributed by atoms with van der Waals surface area (Å²) in [5, 5.41) is 3.09. The van der Waals surface area contributed by atoms with E-state index in [1.54, 1.807) is 0 Å². The number of hydrogen-bond acceptors (Lipinski definition) is 4. The van der Waals surface area contributed by atoms with Gasteiger partial charge in [0.15, 0.2) is 0 Å². The van der Waals surface area contributed by atoms with Gasteiger partial charge in [-0.3, -0.25) is 14.7 Å². The molecule has 0 aliphatic carbocycles. The van der Waals surface area contributed by atoms with Crippen LogP contribution >= 0.6 is 0 Å². The maximum absolute atomic E-state index is 12.4. The largest absolute Gasteiger partial charge is 0.491 e. The van der Waals surface area contributed by atoms with E-state index in [0.29, 0.717) is 11.5 Å². The van der Waals surface area contributed by atoms with Gasteiger partial charge in [-0.05, 0) is 81.6 Å². The van der Waals surface area contributed by atoms with Gasteiger partial charge >= 0.3 is 0 Å². The fraction of sp³-hybridized carbons (Fsp3) is 0.455. The van der Waals surface area contributed by atoms with Crippen LogP contribution < -0.4 is 10.1 Å². The van der Waals surface area contributed by atoms with Crippen LogP contribution in [0.5, 0.6) is 5.75 Å². The number of carbonyl (C=O) groups excluding carboxylic acids is 1. The second kappa shape index (κ2) is 9.51. The first-order chi connectivity index (χ1) is 13.1. The molecule has 2 heterocycles. The quantitative estimate of drug-likeness (QED) is 0.814. The zero-order chi connectivity index (χ0) is 19.1. The molecule has 3 rings (SSSR count). The number of pyridine rings is 1. The van der Waals surface area contributed by atoms with Crippen molar-refractivity contribution in [2.24, 2.45) is 5.92 Å². The highest BCUT2D eigenvalue weighted by Crippen LogP contribution is 2.19. The topological polar surface area (TPSA) is 54.5 Å². The smallest absolute Gasteiger partial charge is 0.251 e. The number of hydrogen-bond donors (Lipinski definition) is 1. The van der Waals surface area contributed by atoms with Gasteiger partial charge in [-0.25, -0.2) is 0 Å². The van der Waals surface area contributed by atoms with Crippen molar-refractivity contribution in [3.8, 4) is 5.75 Å². The summed E-state index contributed by atoms with van der Waals surface area (Å²) >= 11 is 0. The second-order valence-electron chi connectivity index (χ2n) is 7.48. The Hall–Kier alpha value is -2.40. The molecular weight excluding hydrogens is 338 g/mol. The Morgan fingerprint density at radius 1 is 1.22 bits per heavy atom. The zero-order valence-electron chi connectivity index (χ0n) is 16.2. The molecular formula is C22H29N3O2. The van der Waals surface area contributed by atoms with Crippen LogP contribution in [0.4, 0.5) is 0 Å². The third-order valence-corrected chi connectivity index (χ3v) is 4.88. The molecule has 2 aromatic rings. The summed E-state index contributed by atoms with van der Waals surface area (Å²) in [7, 11) is 0. The third kappa shape index (κ3) is 6.07. The summed E-state index contributed by atoms with van der Waals surface area (Å²) in [4.78, 5) is 19.0. The maximum Gasteiger partial charge on any atom is 0.251 e. The first-order valence-electron chi connectivity index (χ1n) is 9.76. The lowest BCUT2D eigenvalue weighted by Crippen LogP contribution is -2.38. The fourth-order valence-corrected chi connectivity index (χ4v) is 3.39. The van der Waals surface area contributed by atoms with Crippen LogP contribution in [0.3, 0.4) is 0 Å². The summed E-state index contributed by atoms with van der Waals surface area (Å²) in [5.41, 5.74) is 1.94. The number of aromatic nitrogens is 1. The van der Waals surface area contributed by atoms with E-state index in [4.69, 9.17) is 4.74 Å². The number of nitrogens with zero attached hydrogens (tertiary/aromatic N) is 2. The highest BCUT2D eigenvalue weighted by Gasteiger charge is 2.20. The standard InChI is InChI=1S/C22H29N3O2/c1-17(2)27-21-7-5-20(6-8-21)22(26)24-15-18-9-12-25(13-10-18)16-19-4-3-11-23-14-19/h3-8,11,14,17-18H,9-10,12-13,15-16H2,1-2H3,(H,24,26). The molecule has 1 aliphatic heterocycles. The molecule has 0 saturated carbocycles.